The smallest absolute Gasteiger partial charge is 0 e. The molecule has 0 spiro atoms. The summed E-state index contributed by atoms with van der Waals surface area (Å²) in [7, 11) is 0. The van der Waals surface area contributed by atoms with Crippen LogP contribution in [0.25, 0.3) is 137 Å². The van der Waals surface area contributed by atoms with E-state index in [1.165, 1.54) is 148 Å². The van der Waals surface area contributed by atoms with Crippen molar-refractivity contribution in [1.29, 1.82) is 0 Å². The van der Waals surface area contributed by atoms with Gasteiger partial charge < -0.3 is 43.5 Å². The molecule has 470 valence electrons. The van der Waals surface area contributed by atoms with Crippen LogP contribution in [0.1, 0.15) is 12.0 Å². The minimum Gasteiger partial charge on any atom is -0.394 e. The van der Waals surface area contributed by atoms with Gasteiger partial charge in [-0.1, -0.05) is 352 Å². The summed E-state index contributed by atoms with van der Waals surface area (Å²) < 4.78 is 0. The molecule has 0 N–H and O–H groups in total. The third-order valence-corrected chi connectivity index (χ3v) is 17.1. The van der Waals surface area contributed by atoms with Crippen LogP contribution in [0.3, 0.4) is 0 Å². The fourth-order valence-corrected chi connectivity index (χ4v) is 12.5. The third kappa shape index (κ3) is 18.3. The Bertz CT molecular complexity index is 5260. The molecular formula is C97H72Y2-4. The van der Waals surface area contributed by atoms with Gasteiger partial charge in [-0.25, -0.2) is 12.1 Å². The van der Waals surface area contributed by atoms with E-state index in [9.17, 15) is 0 Å². The largest absolute Gasteiger partial charge is 0.394 e. The molecule has 0 aliphatic heterocycles. The molecule has 0 aromatic heterocycles. The van der Waals surface area contributed by atoms with Crippen LogP contribution < -0.4 is 10.4 Å². The van der Waals surface area contributed by atoms with Crippen LogP contribution in [0.4, 0.5) is 0 Å². The Hall–Kier alpha value is -10.3. The molecule has 18 aromatic carbocycles. The van der Waals surface area contributed by atoms with Crippen molar-refractivity contribution in [3.8, 4) is 22.3 Å². The van der Waals surface area contributed by atoms with Crippen LogP contribution in [0.2, 0.25) is 0 Å². The van der Waals surface area contributed by atoms with Crippen molar-refractivity contribution in [2.24, 2.45) is 0 Å². The van der Waals surface area contributed by atoms with Crippen molar-refractivity contribution >= 4 is 115 Å². The van der Waals surface area contributed by atoms with Gasteiger partial charge >= 0.3 is 0 Å². The van der Waals surface area contributed by atoms with Crippen LogP contribution in [0.15, 0.2) is 388 Å². The minimum absolute atomic E-state index is 0. The number of benzene rings is 18. The van der Waals surface area contributed by atoms with Crippen molar-refractivity contribution < 1.29 is 65.4 Å². The van der Waals surface area contributed by atoms with Crippen LogP contribution >= 0.6 is 0 Å². The van der Waals surface area contributed by atoms with Gasteiger partial charge in [-0.3, -0.25) is 0 Å². The van der Waals surface area contributed by atoms with Crippen molar-refractivity contribution in [3.63, 3.8) is 0 Å². The van der Waals surface area contributed by atoms with Gasteiger partial charge in [0, 0.05) is 65.4 Å². The van der Waals surface area contributed by atoms with Gasteiger partial charge in [0.2, 0.25) is 0 Å². The van der Waals surface area contributed by atoms with E-state index in [4.69, 9.17) is 19.7 Å². The normalized spacial score (nSPS) is 10.5. The van der Waals surface area contributed by atoms with Gasteiger partial charge in [0.05, 0.1) is 0 Å². The Labute approximate surface area is 633 Å². The van der Waals surface area contributed by atoms with E-state index < -0.39 is 0 Å². The molecule has 0 fully saturated rings. The molecule has 18 aromatic rings. The first-order valence-electron chi connectivity index (χ1n) is 32.8. The molecule has 2 radical (unpaired) electrons. The molecule has 99 heavy (non-hydrogen) atoms. The zero-order valence-corrected chi connectivity index (χ0v) is 61.0. The van der Waals surface area contributed by atoms with Crippen molar-refractivity contribution in [1.82, 2.24) is 0 Å². The molecule has 2 aliphatic carbocycles. The summed E-state index contributed by atoms with van der Waals surface area (Å²) in [4.78, 5) is 0. The average Bonchev–Trinajstić information content (AvgIpc) is 1.74. The zero-order valence-electron chi connectivity index (χ0n) is 55.3. The standard InChI is InChI=1S/2C16H10.2C14H10.C10H8.C9H8.C8H6.C6H6.C4H4.2Y/c1-3-11-7-9-13-5-2-6-14-10-8-12(4-1)15(11)16(13)14;1-2-8-13-12(7-1)14-9-3-5-11-6-4-10-15(13)16(11)14;1-3-7-13-11(5-1)9-10-12-6-2-4-8-14(12)13;1-2-6-12-10-14-8-4-3-7-13(14)9-11(12)5-1;1-2-6-10-8-4-3-7-9(10)5-1;1-2-5-9-7-3-6-8(9)4-1;1-2-8-6-4-3-5-7-8;1-2-4-6-5-3-1;1-3-4-2;;/h2*1-10H;2*1-10H;1-8H;1-2,4-7H,3H2;1-6H;1-6H;1-4H;;/q;;;;;;-2;;-2;;. The first-order valence-corrected chi connectivity index (χ1v) is 32.8. The van der Waals surface area contributed by atoms with Gasteiger partial charge in [-0.05, 0) is 148 Å². The van der Waals surface area contributed by atoms with E-state index in [0.717, 1.165) is 12.0 Å². The molecule has 20 rings (SSSR count). The molecule has 2 aliphatic rings. The number of allylic oxidation sites excluding steroid dienone is 2. The maximum Gasteiger partial charge on any atom is 0 e. The third-order valence-electron chi connectivity index (χ3n) is 17.1. The summed E-state index contributed by atoms with van der Waals surface area (Å²) in [6, 6.07) is 134. The molecule has 0 atom stereocenters. The molecule has 0 bridgehead atoms. The van der Waals surface area contributed by atoms with E-state index in [1.807, 2.05) is 60.7 Å². The monoisotopic (exact) mass is 1410 g/mol. The SMILES string of the molecule is C1=c2ccccc2=CC1.[CH-]=CC=[CH-].[CH-]=Cc1[c-]cccc1.[Y].[Y].c1cc2ccc3cccc4ccc(c1)c2c34.c1ccc2c(c1)-c1cccc3cccc-2c13.c1ccc2c(c1)ccc1ccccc12.c1ccc2cc3ccccc3cc2c1.c1ccc2ccccc2c1.c1ccccc1. The van der Waals surface area contributed by atoms with Crippen molar-refractivity contribution in [2.45, 2.75) is 6.42 Å². The van der Waals surface area contributed by atoms with Gasteiger partial charge in [0.1, 0.15) is 0 Å². The Balaban J connectivity index is 0.000000123. The summed E-state index contributed by atoms with van der Waals surface area (Å²) in [6.07, 6.45) is 9.68. The maximum absolute atomic E-state index is 5.19. The van der Waals surface area contributed by atoms with Crippen molar-refractivity contribution in [2.75, 3.05) is 0 Å². The quantitative estimate of drug-likeness (QED) is 0.0700. The van der Waals surface area contributed by atoms with E-state index in [0.29, 0.717) is 0 Å². The maximum atomic E-state index is 5.19. The van der Waals surface area contributed by atoms with E-state index in [1.54, 1.807) is 0 Å². The topological polar surface area (TPSA) is 0 Å². The molecule has 0 unspecified atom stereocenters. The fourth-order valence-electron chi connectivity index (χ4n) is 12.5. The second-order valence-corrected chi connectivity index (χ2v) is 23.2. The van der Waals surface area contributed by atoms with Crippen LogP contribution in [-0.4, -0.2) is 0 Å². The second-order valence-electron chi connectivity index (χ2n) is 23.2. The Kier molecular flexibility index (Phi) is 26.6. The summed E-state index contributed by atoms with van der Waals surface area (Å²) >= 11 is 0. The van der Waals surface area contributed by atoms with Crippen LogP contribution in [-0.2, 0) is 65.4 Å². The molecule has 0 nitrogen and oxygen atoms in total. The molecular weight excluding hydrogens is 1340 g/mol. The first kappa shape index (κ1) is 71.5. The number of rotatable bonds is 2. The van der Waals surface area contributed by atoms with Crippen molar-refractivity contribution in [3.05, 3.63) is 430 Å². The Morgan fingerprint density at radius 1 is 0.232 bits per heavy atom. The first-order chi connectivity index (χ1) is 48.0. The van der Waals surface area contributed by atoms with Gasteiger partial charge in [-0.2, -0.15) is 12.1 Å². The molecule has 0 saturated carbocycles. The molecule has 0 heterocycles. The zero-order chi connectivity index (χ0) is 66.2. The summed E-state index contributed by atoms with van der Waals surface area (Å²) in [5, 5.41) is 26.8. The fraction of sp³-hybridized carbons (Fsp3) is 0.0103. The number of fused-ring (bicyclic) bond motifs is 10. The second kappa shape index (κ2) is 36.9. The predicted octanol–water partition coefficient (Wildman–Crippen LogP) is 25.1. The van der Waals surface area contributed by atoms with Crippen LogP contribution in [0.5, 0.6) is 0 Å². The van der Waals surface area contributed by atoms with E-state index in [2.05, 4.69) is 334 Å². The van der Waals surface area contributed by atoms with Gasteiger partial charge in [0.25, 0.3) is 0 Å². The molecule has 0 amide bonds. The number of hydrogen-bond acceptors (Lipinski definition) is 0. The minimum atomic E-state index is 0. The molecule has 0 saturated heterocycles. The predicted molar refractivity (Wildman–Crippen MR) is 423 cm³/mol. The van der Waals surface area contributed by atoms with Gasteiger partial charge in [-0.15, -0.1) is 6.07 Å². The van der Waals surface area contributed by atoms with E-state index >= 15 is 0 Å². The molecule has 2 heteroatoms. The Morgan fingerprint density at radius 2 is 0.515 bits per heavy atom. The van der Waals surface area contributed by atoms with Gasteiger partial charge in [0.15, 0.2) is 0 Å². The summed E-state index contributed by atoms with van der Waals surface area (Å²) in [5.74, 6) is 0. The average molecular weight is 1420 g/mol. The van der Waals surface area contributed by atoms with E-state index in [-0.39, 0.29) is 65.4 Å². The Morgan fingerprint density at radius 3 is 0.859 bits per heavy atom. The summed E-state index contributed by atoms with van der Waals surface area (Å²) in [5.41, 5.74) is 6.43. The van der Waals surface area contributed by atoms with Crippen LogP contribution in [0, 0.1) is 25.8 Å². The summed E-state index contributed by atoms with van der Waals surface area (Å²) in [6.45, 7) is 14.6. The number of hydrogen-bond donors (Lipinski definition) is 0.